The van der Waals surface area contributed by atoms with Gasteiger partial charge in [0.2, 0.25) is 0 Å². The standard InChI is InChI=1S/C17H27NO/c1-17(2,12-18-13-19)16-10-8-15(9-11-16)14-6-4-3-5-7-14/h8-11,14,18-19H,3-7,12-13H2,1-2H3. The molecule has 1 fully saturated rings. The van der Waals surface area contributed by atoms with Crippen molar-refractivity contribution < 1.29 is 5.11 Å². The Kier molecular flexibility index (Phi) is 5.00. The van der Waals surface area contributed by atoms with E-state index in [2.05, 4.69) is 43.4 Å². The summed E-state index contributed by atoms with van der Waals surface area (Å²) in [6, 6.07) is 9.16. The van der Waals surface area contributed by atoms with E-state index < -0.39 is 0 Å². The normalized spacial score (nSPS) is 17.6. The summed E-state index contributed by atoms with van der Waals surface area (Å²) in [7, 11) is 0. The van der Waals surface area contributed by atoms with E-state index in [0.29, 0.717) is 0 Å². The van der Waals surface area contributed by atoms with E-state index >= 15 is 0 Å². The summed E-state index contributed by atoms with van der Waals surface area (Å²) >= 11 is 0. The van der Waals surface area contributed by atoms with E-state index in [1.807, 2.05) is 0 Å². The van der Waals surface area contributed by atoms with Crippen LogP contribution in [0.1, 0.15) is 63.0 Å². The summed E-state index contributed by atoms with van der Waals surface area (Å²) in [4.78, 5) is 0. The van der Waals surface area contributed by atoms with Crippen LogP contribution in [0.25, 0.3) is 0 Å². The first-order valence-corrected chi connectivity index (χ1v) is 7.55. The summed E-state index contributed by atoms with van der Waals surface area (Å²) in [5.74, 6) is 0.779. The third-order valence-electron chi connectivity index (χ3n) is 4.45. The van der Waals surface area contributed by atoms with Crippen molar-refractivity contribution in [3.05, 3.63) is 35.4 Å². The molecule has 1 saturated carbocycles. The van der Waals surface area contributed by atoms with Gasteiger partial charge in [0.25, 0.3) is 0 Å². The largest absolute Gasteiger partial charge is 0.381 e. The van der Waals surface area contributed by atoms with Gasteiger partial charge in [0.15, 0.2) is 0 Å². The smallest absolute Gasteiger partial charge is 0.0931 e. The highest BCUT2D eigenvalue weighted by Crippen LogP contribution is 2.33. The van der Waals surface area contributed by atoms with Gasteiger partial charge in [-0.05, 0) is 29.9 Å². The third kappa shape index (κ3) is 3.80. The first-order valence-electron chi connectivity index (χ1n) is 7.55. The van der Waals surface area contributed by atoms with Crippen LogP contribution in [0.3, 0.4) is 0 Å². The Balaban J connectivity index is 2.04. The molecule has 19 heavy (non-hydrogen) atoms. The van der Waals surface area contributed by atoms with Crippen LogP contribution in [-0.4, -0.2) is 18.4 Å². The van der Waals surface area contributed by atoms with Crippen LogP contribution in [0.15, 0.2) is 24.3 Å². The lowest BCUT2D eigenvalue weighted by molar-refractivity contribution is 0.247. The molecule has 2 nitrogen and oxygen atoms in total. The van der Waals surface area contributed by atoms with Crippen LogP contribution in [0.4, 0.5) is 0 Å². The fourth-order valence-electron chi connectivity index (χ4n) is 3.11. The summed E-state index contributed by atoms with van der Waals surface area (Å²) in [5, 5.41) is 11.9. The van der Waals surface area contributed by atoms with Gasteiger partial charge in [0, 0.05) is 12.0 Å². The van der Waals surface area contributed by atoms with E-state index in [9.17, 15) is 0 Å². The van der Waals surface area contributed by atoms with E-state index in [1.54, 1.807) is 0 Å². The van der Waals surface area contributed by atoms with Gasteiger partial charge in [-0.2, -0.15) is 0 Å². The second-order valence-electron chi connectivity index (χ2n) is 6.43. The minimum absolute atomic E-state index is 0.0452. The molecule has 0 bridgehead atoms. The lowest BCUT2D eigenvalue weighted by Gasteiger charge is -2.27. The number of aliphatic hydroxyl groups excluding tert-OH is 1. The molecule has 0 heterocycles. The zero-order valence-corrected chi connectivity index (χ0v) is 12.3. The number of hydrogen-bond donors (Lipinski definition) is 2. The lowest BCUT2D eigenvalue weighted by Crippen LogP contribution is -2.33. The maximum absolute atomic E-state index is 8.88. The zero-order chi connectivity index (χ0) is 13.7. The van der Waals surface area contributed by atoms with Crippen molar-refractivity contribution in [1.29, 1.82) is 0 Å². The average Bonchev–Trinajstić information content (AvgIpc) is 2.46. The molecule has 0 aliphatic heterocycles. The average molecular weight is 261 g/mol. The molecule has 2 heteroatoms. The summed E-state index contributed by atoms with van der Waals surface area (Å²) in [5.41, 5.74) is 2.91. The van der Waals surface area contributed by atoms with Crippen LogP contribution in [0, 0.1) is 0 Å². The van der Waals surface area contributed by atoms with Crippen LogP contribution in [-0.2, 0) is 5.41 Å². The molecular formula is C17H27NO. The zero-order valence-electron chi connectivity index (χ0n) is 12.3. The SMILES string of the molecule is CC(C)(CNCO)c1ccc(C2CCCCC2)cc1. The van der Waals surface area contributed by atoms with Gasteiger partial charge in [0.1, 0.15) is 0 Å². The maximum atomic E-state index is 8.88. The molecule has 1 aliphatic carbocycles. The molecular weight excluding hydrogens is 234 g/mol. The van der Waals surface area contributed by atoms with Crippen LogP contribution in [0.5, 0.6) is 0 Å². The Morgan fingerprint density at radius 1 is 1.11 bits per heavy atom. The Hall–Kier alpha value is -0.860. The van der Waals surface area contributed by atoms with E-state index in [4.69, 9.17) is 5.11 Å². The minimum Gasteiger partial charge on any atom is -0.381 e. The molecule has 1 aromatic rings. The van der Waals surface area contributed by atoms with Gasteiger partial charge in [-0.25, -0.2) is 0 Å². The fourth-order valence-corrected chi connectivity index (χ4v) is 3.11. The monoisotopic (exact) mass is 261 g/mol. The molecule has 0 aromatic heterocycles. The molecule has 106 valence electrons. The Labute approximate surface area is 117 Å². The van der Waals surface area contributed by atoms with E-state index in [-0.39, 0.29) is 12.1 Å². The summed E-state index contributed by atoms with van der Waals surface area (Å²) < 4.78 is 0. The van der Waals surface area contributed by atoms with Gasteiger partial charge in [-0.3, -0.25) is 5.32 Å². The number of rotatable bonds is 5. The lowest BCUT2D eigenvalue weighted by atomic mass is 9.80. The molecule has 1 aliphatic rings. The van der Waals surface area contributed by atoms with Crippen molar-refractivity contribution in [1.82, 2.24) is 5.32 Å². The Bertz CT molecular complexity index is 377. The van der Waals surface area contributed by atoms with Crippen molar-refractivity contribution in [3.8, 4) is 0 Å². The van der Waals surface area contributed by atoms with E-state index in [0.717, 1.165) is 12.5 Å². The minimum atomic E-state index is 0.0452. The molecule has 2 N–H and O–H groups in total. The molecule has 1 aromatic carbocycles. The highest BCUT2D eigenvalue weighted by molar-refractivity contribution is 5.30. The van der Waals surface area contributed by atoms with E-state index in [1.165, 1.54) is 43.2 Å². The number of nitrogens with one attached hydrogen (secondary N) is 1. The van der Waals surface area contributed by atoms with Crippen molar-refractivity contribution in [3.63, 3.8) is 0 Å². The molecule has 0 radical (unpaired) electrons. The van der Waals surface area contributed by atoms with Crippen molar-refractivity contribution in [2.75, 3.05) is 13.3 Å². The topological polar surface area (TPSA) is 32.3 Å². The summed E-state index contributed by atoms with van der Waals surface area (Å²) in [6.07, 6.45) is 6.90. The third-order valence-corrected chi connectivity index (χ3v) is 4.45. The molecule has 0 unspecified atom stereocenters. The molecule has 0 atom stereocenters. The molecule has 0 amide bonds. The van der Waals surface area contributed by atoms with Gasteiger partial charge >= 0.3 is 0 Å². The van der Waals surface area contributed by atoms with Gasteiger partial charge in [0.05, 0.1) is 6.73 Å². The maximum Gasteiger partial charge on any atom is 0.0931 e. The van der Waals surface area contributed by atoms with Crippen molar-refractivity contribution in [2.24, 2.45) is 0 Å². The Morgan fingerprint density at radius 3 is 2.32 bits per heavy atom. The van der Waals surface area contributed by atoms with Crippen LogP contribution >= 0.6 is 0 Å². The molecule has 2 rings (SSSR count). The highest BCUT2D eigenvalue weighted by Gasteiger charge is 2.21. The fraction of sp³-hybridized carbons (Fsp3) is 0.647. The number of benzene rings is 1. The van der Waals surface area contributed by atoms with Crippen molar-refractivity contribution in [2.45, 2.75) is 57.3 Å². The van der Waals surface area contributed by atoms with Crippen LogP contribution in [0.2, 0.25) is 0 Å². The first kappa shape index (κ1) is 14.5. The van der Waals surface area contributed by atoms with Gasteiger partial charge < -0.3 is 5.11 Å². The highest BCUT2D eigenvalue weighted by atomic mass is 16.3. The number of hydrogen-bond acceptors (Lipinski definition) is 2. The second kappa shape index (κ2) is 6.53. The first-order chi connectivity index (χ1) is 9.13. The predicted molar refractivity (Wildman–Crippen MR) is 80.4 cm³/mol. The van der Waals surface area contributed by atoms with Gasteiger partial charge in [-0.1, -0.05) is 57.4 Å². The molecule has 0 saturated heterocycles. The quantitative estimate of drug-likeness (QED) is 0.794. The second-order valence-corrected chi connectivity index (χ2v) is 6.43. The predicted octanol–water partition coefficient (Wildman–Crippen LogP) is 3.55. The number of aliphatic hydroxyl groups is 1. The molecule has 0 spiro atoms. The summed E-state index contributed by atoms with van der Waals surface area (Å²) in [6.45, 7) is 5.27. The van der Waals surface area contributed by atoms with Gasteiger partial charge in [-0.15, -0.1) is 0 Å². The Morgan fingerprint density at radius 2 is 1.74 bits per heavy atom. The van der Waals surface area contributed by atoms with Crippen LogP contribution < -0.4 is 5.32 Å². The van der Waals surface area contributed by atoms with Crippen molar-refractivity contribution >= 4 is 0 Å².